The molecule has 3 rings (SSSR count). The van der Waals surface area contributed by atoms with Gasteiger partial charge in [0.1, 0.15) is 5.69 Å². The lowest BCUT2D eigenvalue weighted by molar-refractivity contribution is 0.101. The van der Waals surface area contributed by atoms with Crippen molar-refractivity contribution in [3.8, 4) is 0 Å². The van der Waals surface area contributed by atoms with E-state index in [-0.39, 0.29) is 5.91 Å². The molecule has 1 aliphatic carbocycles. The first-order valence-electron chi connectivity index (χ1n) is 6.58. The van der Waals surface area contributed by atoms with Crippen molar-refractivity contribution >= 4 is 39.1 Å². The molecule has 5 heteroatoms. The summed E-state index contributed by atoms with van der Waals surface area (Å²) < 4.78 is 2.88. The highest BCUT2D eigenvalue weighted by atomic mass is 79.9. The second-order valence-corrected chi connectivity index (χ2v) is 6.23. The van der Waals surface area contributed by atoms with Gasteiger partial charge in [-0.05, 0) is 65.5 Å². The average Bonchev–Trinajstić information content (AvgIpc) is 2.81. The molecule has 0 saturated heterocycles. The standard InChI is InChI=1S/C15H14BrClN2O/c16-12-7-6-10(9-13(12)17)18-15(20)14-5-2-8-19(14)11-3-1-4-11/h2,5-9,11H,1,3-4H2,(H,18,20). The Morgan fingerprint density at radius 3 is 2.80 bits per heavy atom. The molecule has 0 unspecified atom stereocenters. The molecule has 3 nitrogen and oxygen atoms in total. The molecule has 20 heavy (non-hydrogen) atoms. The maximum absolute atomic E-state index is 12.3. The molecule has 1 fully saturated rings. The van der Waals surface area contributed by atoms with Gasteiger partial charge in [0.2, 0.25) is 0 Å². The van der Waals surface area contributed by atoms with Crippen LogP contribution < -0.4 is 5.32 Å². The van der Waals surface area contributed by atoms with Crippen LogP contribution in [0, 0.1) is 0 Å². The first kappa shape index (κ1) is 13.7. The number of benzene rings is 1. The number of hydrogen-bond donors (Lipinski definition) is 1. The highest BCUT2D eigenvalue weighted by Crippen LogP contribution is 2.33. The molecule has 1 amide bonds. The van der Waals surface area contributed by atoms with E-state index in [4.69, 9.17) is 11.6 Å². The molecule has 1 aromatic heterocycles. The molecule has 1 N–H and O–H groups in total. The topological polar surface area (TPSA) is 34.0 Å². The fourth-order valence-electron chi connectivity index (χ4n) is 2.34. The quantitative estimate of drug-likeness (QED) is 0.838. The van der Waals surface area contributed by atoms with Crippen molar-refractivity contribution in [1.29, 1.82) is 0 Å². The molecule has 0 radical (unpaired) electrons. The van der Waals surface area contributed by atoms with Crippen LogP contribution in [0.5, 0.6) is 0 Å². The van der Waals surface area contributed by atoms with Gasteiger partial charge in [0.05, 0.1) is 5.02 Å². The molecule has 0 spiro atoms. The van der Waals surface area contributed by atoms with E-state index < -0.39 is 0 Å². The average molecular weight is 354 g/mol. The molecular weight excluding hydrogens is 340 g/mol. The summed E-state index contributed by atoms with van der Waals surface area (Å²) in [6.07, 6.45) is 5.53. The van der Waals surface area contributed by atoms with Gasteiger partial charge in [-0.25, -0.2) is 0 Å². The van der Waals surface area contributed by atoms with E-state index in [0.29, 0.717) is 22.4 Å². The summed E-state index contributed by atoms with van der Waals surface area (Å²) in [6.45, 7) is 0. The number of carbonyl (C=O) groups is 1. The third-order valence-electron chi connectivity index (χ3n) is 3.66. The van der Waals surface area contributed by atoms with Crippen molar-refractivity contribution in [3.63, 3.8) is 0 Å². The Labute approximate surface area is 131 Å². The molecule has 1 aliphatic rings. The summed E-state index contributed by atoms with van der Waals surface area (Å²) in [4.78, 5) is 12.3. The lowest BCUT2D eigenvalue weighted by Crippen LogP contribution is -2.23. The second-order valence-electron chi connectivity index (χ2n) is 4.97. The number of halogens is 2. The zero-order chi connectivity index (χ0) is 14.1. The van der Waals surface area contributed by atoms with Crippen LogP contribution >= 0.6 is 27.5 Å². The summed E-state index contributed by atoms with van der Waals surface area (Å²) in [6, 6.07) is 9.63. The van der Waals surface area contributed by atoms with Gasteiger partial charge in [0, 0.05) is 22.4 Å². The van der Waals surface area contributed by atoms with E-state index in [9.17, 15) is 4.79 Å². The number of anilines is 1. The van der Waals surface area contributed by atoms with E-state index in [1.807, 2.05) is 30.5 Å². The Balaban J connectivity index is 1.79. The van der Waals surface area contributed by atoms with Crippen LogP contribution in [0.15, 0.2) is 41.0 Å². The van der Waals surface area contributed by atoms with E-state index in [0.717, 1.165) is 17.3 Å². The maximum atomic E-state index is 12.3. The van der Waals surface area contributed by atoms with E-state index in [1.54, 1.807) is 6.07 Å². The van der Waals surface area contributed by atoms with Crippen LogP contribution in [0.3, 0.4) is 0 Å². The smallest absolute Gasteiger partial charge is 0.272 e. The Hall–Kier alpha value is -1.26. The Kier molecular flexibility index (Phi) is 3.85. The molecule has 104 valence electrons. The SMILES string of the molecule is O=C(Nc1ccc(Br)c(Cl)c1)c1cccn1C1CCC1. The van der Waals surface area contributed by atoms with Crippen LogP contribution in [-0.4, -0.2) is 10.5 Å². The van der Waals surface area contributed by atoms with Crippen LogP contribution in [-0.2, 0) is 0 Å². The number of rotatable bonds is 3. The molecule has 1 heterocycles. The third kappa shape index (κ3) is 2.63. The summed E-state index contributed by atoms with van der Waals surface area (Å²) in [5, 5.41) is 3.47. The van der Waals surface area contributed by atoms with Gasteiger partial charge in [0.25, 0.3) is 5.91 Å². The third-order valence-corrected chi connectivity index (χ3v) is 4.89. The van der Waals surface area contributed by atoms with E-state index in [1.165, 1.54) is 6.42 Å². The lowest BCUT2D eigenvalue weighted by Gasteiger charge is -2.28. The predicted molar refractivity (Wildman–Crippen MR) is 84.4 cm³/mol. The Bertz CT molecular complexity index is 649. The lowest BCUT2D eigenvalue weighted by atomic mass is 9.93. The van der Waals surface area contributed by atoms with Gasteiger partial charge in [-0.3, -0.25) is 4.79 Å². The predicted octanol–water partition coefficient (Wildman–Crippen LogP) is 4.88. The highest BCUT2D eigenvalue weighted by Gasteiger charge is 2.23. The fraction of sp³-hybridized carbons (Fsp3) is 0.267. The van der Waals surface area contributed by atoms with Crippen LogP contribution in [0.25, 0.3) is 0 Å². The minimum atomic E-state index is -0.0970. The van der Waals surface area contributed by atoms with E-state index >= 15 is 0 Å². The summed E-state index contributed by atoms with van der Waals surface area (Å²) in [5.41, 5.74) is 1.40. The number of carbonyl (C=O) groups excluding carboxylic acids is 1. The zero-order valence-corrected chi connectivity index (χ0v) is 13.1. The van der Waals surface area contributed by atoms with Crippen LogP contribution in [0.1, 0.15) is 35.8 Å². The van der Waals surface area contributed by atoms with Gasteiger partial charge in [0.15, 0.2) is 0 Å². The summed E-state index contributed by atoms with van der Waals surface area (Å²) in [5.74, 6) is -0.0970. The van der Waals surface area contributed by atoms with Crippen molar-refractivity contribution in [2.75, 3.05) is 5.32 Å². The molecule has 1 saturated carbocycles. The molecule has 0 bridgehead atoms. The van der Waals surface area contributed by atoms with Crippen molar-refractivity contribution < 1.29 is 4.79 Å². The molecule has 0 aliphatic heterocycles. The molecule has 1 aromatic carbocycles. The fourth-order valence-corrected chi connectivity index (χ4v) is 2.77. The first-order chi connectivity index (χ1) is 9.65. The van der Waals surface area contributed by atoms with Crippen molar-refractivity contribution in [1.82, 2.24) is 4.57 Å². The van der Waals surface area contributed by atoms with Crippen molar-refractivity contribution in [3.05, 3.63) is 51.7 Å². The minimum absolute atomic E-state index is 0.0970. The second kappa shape index (κ2) is 5.62. The van der Waals surface area contributed by atoms with Gasteiger partial charge in [-0.1, -0.05) is 11.6 Å². The maximum Gasteiger partial charge on any atom is 0.272 e. The van der Waals surface area contributed by atoms with Crippen LogP contribution in [0.4, 0.5) is 5.69 Å². The molecular formula is C15H14BrClN2O. The zero-order valence-electron chi connectivity index (χ0n) is 10.8. The first-order valence-corrected chi connectivity index (χ1v) is 7.75. The van der Waals surface area contributed by atoms with Crippen molar-refractivity contribution in [2.45, 2.75) is 25.3 Å². The Morgan fingerprint density at radius 2 is 2.15 bits per heavy atom. The number of hydrogen-bond acceptors (Lipinski definition) is 1. The van der Waals surface area contributed by atoms with Gasteiger partial charge >= 0.3 is 0 Å². The highest BCUT2D eigenvalue weighted by molar-refractivity contribution is 9.10. The number of nitrogens with one attached hydrogen (secondary N) is 1. The Morgan fingerprint density at radius 1 is 1.35 bits per heavy atom. The van der Waals surface area contributed by atoms with E-state index in [2.05, 4.69) is 25.8 Å². The monoisotopic (exact) mass is 352 g/mol. The van der Waals surface area contributed by atoms with Crippen molar-refractivity contribution in [2.24, 2.45) is 0 Å². The van der Waals surface area contributed by atoms with Gasteiger partial charge < -0.3 is 9.88 Å². The normalized spacial score (nSPS) is 14.9. The number of nitrogens with zero attached hydrogens (tertiary/aromatic N) is 1. The molecule has 2 aromatic rings. The van der Waals surface area contributed by atoms with Gasteiger partial charge in [-0.2, -0.15) is 0 Å². The van der Waals surface area contributed by atoms with Gasteiger partial charge in [-0.15, -0.1) is 0 Å². The molecule has 0 atom stereocenters. The largest absolute Gasteiger partial charge is 0.340 e. The summed E-state index contributed by atoms with van der Waals surface area (Å²) in [7, 11) is 0. The van der Waals surface area contributed by atoms with Crippen LogP contribution in [0.2, 0.25) is 5.02 Å². The minimum Gasteiger partial charge on any atom is -0.340 e. The number of aromatic nitrogens is 1. The summed E-state index contributed by atoms with van der Waals surface area (Å²) >= 11 is 9.37. The number of amides is 1.